The zero-order valence-corrected chi connectivity index (χ0v) is 12.8. The Kier molecular flexibility index (Phi) is 5.37. The quantitative estimate of drug-likeness (QED) is 0.688. The highest BCUT2D eigenvalue weighted by Gasteiger charge is 2.27. The van der Waals surface area contributed by atoms with E-state index in [0.29, 0.717) is 6.42 Å². The van der Waals surface area contributed by atoms with E-state index in [2.05, 4.69) is 21.3 Å². The van der Waals surface area contributed by atoms with Crippen molar-refractivity contribution in [3.8, 4) is 11.8 Å². The monoisotopic (exact) mass is 308 g/mol. The van der Waals surface area contributed by atoms with Crippen molar-refractivity contribution >= 4 is 10.2 Å². The van der Waals surface area contributed by atoms with Crippen molar-refractivity contribution in [3.63, 3.8) is 0 Å². The first-order valence-corrected chi connectivity index (χ1v) is 8.48. The van der Waals surface area contributed by atoms with E-state index >= 15 is 0 Å². The minimum atomic E-state index is -3.47. The number of hydrogen-bond acceptors (Lipinski definition) is 3. The van der Waals surface area contributed by atoms with Crippen molar-refractivity contribution in [1.82, 2.24) is 9.44 Å². The smallest absolute Gasteiger partial charge is 0.277 e. The zero-order valence-electron chi connectivity index (χ0n) is 12.0. The molecule has 21 heavy (non-hydrogen) atoms. The second-order valence-corrected chi connectivity index (χ2v) is 6.61. The van der Waals surface area contributed by atoms with Crippen LogP contribution in [0.25, 0.3) is 0 Å². The van der Waals surface area contributed by atoms with Gasteiger partial charge in [0.1, 0.15) is 0 Å². The highest BCUT2D eigenvalue weighted by molar-refractivity contribution is 7.87. The van der Waals surface area contributed by atoms with Gasteiger partial charge in [-0.25, -0.2) is 0 Å². The topological polar surface area (TPSA) is 78.4 Å². The standard InChI is InChI=1S/C15H20N2O3S/c1-12(16-21(19,20)17-15-8-9-15)14-7-4-6-13(11-14)5-2-3-10-18/h4,6-7,11-12,15-18H,3,8-10H2,1H3. The Balaban J connectivity index is 2.03. The third kappa shape index (κ3) is 5.48. The van der Waals surface area contributed by atoms with Gasteiger partial charge in [0.15, 0.2) is 0 Å². The van der Waals surface area contributed by atoms with Gasteiger partial charge in [-0.15, -0.1) is 0 Å². The molecule has 3 N–H and O–H groups in total. The molecule has 2 rings (SSSR count). The van der Waals surface area contributed by atoms with Crippen LogP contribution in [0.1, 0.15) is 43.4 Å². The molecule has 1 atom stereocenters. The van der Waals surface area contributed by atoms with Gasteiger partial charge in [0.05, 0.1) is 6.61 Å². The fourth-order valence-corrected chi connectivity index (χ4v) is 3.21. The largest absolute Gasteiger partial charge is 0.395 e. The molecular formula is C15H20N2O3S. The lowest BCUT2D eigenvalue weighted by molar-refractivity contribution is 0.305. The highest BCUT2D eigenvalue weighted by atomic mass is 32.2. The SMILES string of the molecule is CC(NS(=O)(=O)NC1CC1)c1cccc(C#CCCO)c1. The second-order valence-electron chi connectivity index (χ2n) is 5.14. The Morgan fingerprint density at radius 3 is 2.86 bits per heavy atom. The fourth-order valence-electron chi connectivity index (χ4n) is 1.86. The van der Waals surface area contributed by atoms with E-state index in [1.54, 1.807) is 6.92 Å². The highest BCUT2D eigenvalue weighted by Crippen LogP contribution is 2.20. The van der Waals surface area contributed by atoms with Crippen LogP contribution in [0.2, 0.25) is 0 Å². The molecule has 1 aromatic carbocycles. The molecule has 0 saturated heterocycles. The summed E-state index contributed by atoms with van der Waals surface area (Å²) in [4.78, 5) is 0. The molecule has 6 heteroatoms. The summed E-state index contributed by atoms with van der Waals surface area (Å²) in [5, 5.41) is 8.71. The predicted molar refractivity (Wildman–Crippen MR) is 81.7 cm³/mol. The molecule has 0 radical (unpaired) electrons. The molecule has 1 saturated carbocycles. The lowest BCUT2D eigenvalue weighted by Gasteiger charge is -2.15. The van der Waals surface area contributed by atoms with Gasteiger partial charge in [0.25, 0.3) is 10.2 Å². The lowest BCUT2D eigenvalue weighted by Crippen LogP contribution is -2.39. The van der Waals surface area contributed by atoms with E-state index in [0.717, 1.165) is 24.0 Å². The van der Waals surface area contributed by atoms with Gasteiger partial charge in [-0.2, -0.15) is 17.9 Å². The summed E-state index contributed by atoms with van der Waals surface area (Å²) >= 11 is 0. The van der Waals surface area contributed by atoms with E-state index in [4.69, 9.17) is 5.11 Å². The molecule has 1 fully saturated rings. The number of rotatable bonds is 6. The minimum absolute atomic E-state index is 0.0374. The molecule has 0 aliphatic heterocycles. The summed E-state index contributed by atoms with van der Waals surface area (Å²) in [6, 6.07) is 7.18. The first kappa shape index (κ1) is 16.0. The van der Waals surface area contributed by atoms with Crippen LogP contribution in [-0.2, 0) is 10.2 Å². The van der Waals surface area contributed by atoms with Crippen LogP contribution in [-0.4, -0.2) is 26.2 Å². The van der Waals surface area contributed by atoms with E-state index in [1.807, 2.05) is 24.3 Å². The summed E-state index contributed by atoms with van der Waals surface area (Å²) < 4.78 is 29.0. The lowest BCUT2D eigenvalue weighted by atomic mass is 10.1. The molecule has 5 nitrogen and oxygen atoms in total. The summed E-state index contributed by atoms with van der Waals surface area (Å²) in [6.45, 7) is 1.84. The molecule has 0 amide bonds. The van der Waals surface area contributed by atoms with E-state index in [9.17, 15) is 8.42 Å². The molecule has 0 aromatic heterocycles. The number of nitrogens with one attached hydrogen (secondary N) is 2. The Morgan fingerprint density at radius 2 is 2.19 bits per heavy atom. The molecule has 1 aliphatic rings. The molecule has 0 heterocycles. The van der Waals surface area contributed by atoms with Gasteiger partial charge in [0, 0.05) is 24.1 Å². The van der Waals surface area contributed by atoms with Crippen LogP contribution >= 0.6 is 0 Å². The van der Waals surface area contributed by atoms with Crippen LogP contribution in [0.3, 0.4) is 0 Å². The van der Waals surface area contributed by atoms with Crippen LogP contribution < -0.4 is 9.44 Å². The first-order valence-electron chi connectivity index (χ1n) is 6.99. The van der Waals surface area contributed by atoms with Crippen LogP contribution in [0, 0.1) is 11.8 Å². The number of aliphatic hydroxyl groups excluding tert-OH is 1. The predicted octanol–water partition coefficient (Wildman–Crippen LogP) is 1.07. The first-order chi connectivity index (χ1) is 10.00. The molecule has 0 bridgehead atoms. The maximum absolute atomic E-state index is 11.9. The van der Waals surface area contributed by atoms with Crippen molar-refractivity contribution in [3.05, 3.63) is 35.4 Å². The molecule has 0 spiro atoms. The van der Waals surface area contributed by atoms with Gasteiger partial charge in [-0.05, 0) is 37.5 Å². The maximum Gasteiger partial charge on any atom is 0.277 e. The Morgan fingerprint density at radius 1 is 1.43 bits per heavy atom. The molecule has 1 aromatic rings. The number of hydrogen-bond donors (Lipinski definition) is 3. The van der Waals surface area contributed by atoms with Crippen molar-refractivity contribution in [2.75, 3.05) is 6.61 Å². The van der Waals surface area contributed by atoms with Gasteiger partial charge in [-0.3, -0.25) is 0 Å². The van der Waals surface area contributed by atoms with Gasteiger partial charge < -0.3 is 5.11 Å². The molecular weight excluding hydrogens is 288 g/mol. The van der Waals surface area contributed by atoms with Gasteiger partial charge in [-0.1, -0.05) is 24.0 Å². The van der Waals surface area contributed by atoms with E-state index < -0.39 is 10.2 Å². The van der Waals surface area contributed by atoms with Crippen molar-refractivity contribution in [2.24, 2.45) is 0 Å². The number of aliphatic hydroxyl groups is 1. The average Bonchev–Trinajstić information content (AvgIpc) is 3.22. The number of benzene rings is 1. The Labute approximate surface area is 125 Å². The van der Waals surface area contributed by atoms with Gasteiger partial charge >= 0.3 is 0 Å². The minimum Gasteiger partial charge on any atom is -0.395 e. The van der Waals surface area contributed by atoms with Crippen molar-refractivity contribution in [1.29, 1.82) is 0 Å². The van der Waals surface area contributed by atoms with Crippen LogP contribution in [0.4, 0.5) is 0 Å². The van der Waals surface area contributed by atoms with Crippen LogP contribution in [0.15, 0.2) is 24.3 Å². The summed E-state index contributed by atoms with van der Waals surface area (Å²) in [5.41, 5.74) is 1.66. The average molecular weight is 308 g/mol. The third-order valence-corrected chi connectivity index (χ3v) is 4.39. The molecule has 1 aliphatic carbocycles. The Bertz CT molecular complexity index is 642. The van der Waals surface area contributed by atoms with E-state index in [-0.39, 0.29) is 18.7 Å². The molecule has 1 unspecified atom stereocenters. The van der Waals surface area contributed by atoms with Crippen molar-refractivity contribution in [2.45, 2.75) is 38.3 Å². The fraction of sp³-hybridized carbons (Fsp3) is 0.467. The second kappa shape index (κ2) is 7.05. The normalized spacial score (nSPS) is 16.1. The van der Waals surface area contributed by atoms with Crippen LogP contribution in [0.5, 0.6) is 0 Å². The summed E-state index contributed by atoms with van der Waals surface area (Å²) in [5.74, 6) is 5.79. The third-order valence-electron chi connectivity index (χ3n) is 3.09. The maximum atomic E-state index is 11.9. The summed E-state index contributed by atoms with van der Waals surface area (Å²) in [7, 11) is -3.47. The zero-order chi connectivity index (χ0) is 15.3. The van der Waals surface area contributed by atoms with Crippen molar-refractivity contribution < 1.29 is 13.5 Å². The summed E-state index contributed by atoms with van der Waals surface area (Å²) in [6.07, 6.45) is 2.24. The van der Waals surface area contributed by atoms with Gasteiger partial charge in [0.2, 0.25) is 0 Å². The Hall–Kier alpha value is -1.39. The van der Waals surface area contributed by atoms with E-state index in [1.165, 1.54) is 0 Å². The molecule has 114 valence electrons.